The molecule has 0 spiro atoms. The number of non-ortho nitro benzene ring substituents is 1. The average Bonchev–Trinajstić information content (AvgIpc) is 2.62. The van der Waals surface area contributed by atoms with Gasteiger partial charge in [0.15, 0.2) is 11.6 Å². The number of hydrogen-bond acceptors (Lipinski definition) is 5. The number of benzene rings is 1. The van der Waals surface area contributed by atoms with E-state index < -0.39 is 10.8 Å². The Morgan fingerprint density at radius 3 is 1.90 bits per heavy atom. The van der Waals surface area contributed by atoms with E-state index in [1.54, 1.807) is 12.1 Å². The number of nitro benzene ring substituents is 1. The van der Waals surface area contributed by atoms with Gasteiger partial charge in [0.2, 0.25) is 0 Å². The Balaban J connectivity index is 1.98. The molecular formula is C24H28N2O4. The van der Waals surface area contributed by atoms with Gasteiger partial charge >= 0.3 is 0 Å². The smallest absolute Gasteiger partial charge is 0.269 e. The molecule has 6 nitrogen and oxygen atoms in total. The molecule has 1 heterocycles. The van der Waals surface area contributed by atoms with Crippen molar-refractivity contribution in [2.75, 3.05) is 7.05 Å². The molecule has 0 saturated carbocycles. The zero-order chi connectivity index (χ0) is 22.0. The zero-order valence-electron chi connectivity index (χ0n) is 18.2. The summed E-state index contributed by atoms with van der Waals surface area (Å²) in [5.41, 5.74) is 3.50. The monoisotopic (exact) mass is 408 g/mol. The molecule has 0 bridgehead atoms. The van der Waals surface area contributed by atoms with E-state index >= 15 is 0 Å². The van der Waals surface area contributed by atoms with Crippen molar-refractivity contribution in [3.63, 3.8) is 0 Å². The summed E-state index contributed by atoms with van der Waals surface area (Å²) in [5.74, 6) is -0.458. The average molecular weight is 408 g/mol. The fourth-order valence-corrected chi connectivity index (χ4v) is 5.32. The Morgan fingerprint density at radius 2 is 1.43 bits per heavy atom. The summed E-state index contributed by atoms with van der Waals surface area (Å²) in [4.78, 5) is 39.7. The molecule has 0 unspecified atom stereocenters. The van der Waals surface area contributed by atoms with Gasteiger partial charge in [-0.05, 0) is 29.2 Å². The summed E-state index contributed by atoms with van der Waals surface area (Å²) < 4.78 is 0. The lowest BCUT2D eigenvalue weighted by molar-refractivity contribution is -0.384. The van der Waals surface area contributed by atoms with Crippen molar-refractivity contribution < 1.29 is 14.5 Å². The minimum atomic E-state index is -0.529. The Bertz CT molecular complexity index is 991. The summed E-state index contributed by atoms with van der Waals surface area (Å²) in [6, 6.07) is 6.41. The molecule has 0 saturated heterocycles. The highest BCUT2D eigenvalue weighted by molar-refractivity contribution is 6.06. The Labute approximate surface area is 176 Å². The second kappa shape index (κ2) is 6.62. The number of rotatable bonds is 2. The molecule has 2 aliphatic carbocycles. The number of hydrogen-bond donors (Lipinski definition) is 0. The predicted octanol–water partition coefficient (Wildman–Crippen LogP) is 4.91. The van der Waals surface area contributed by atoms with E-state index in [9.17, 15) is 19.7 Å². The molecular weight excluding hydrogens is 380 g/mol. The van der Waals surface area contributed by atoms with Gasteiger partial charge in [-0.3, -0.25) is 19.7 Å². The van der Waals surface area contributed by atoms with Crippen LogP contribution in [0.3, 0.4) is 0 Å². The highest BCUT2D eigenvalue weighted by Crippen LogP contribution is 2.54. The van der Waals surface area contributed by atoms with Crippen LogP contribution in [0.25, 0.3) is 0 Å². The molecule has 1 aromatic rings. The van der Waals surface area contributed by atoms with Crippen molar-refractivity contribution in [1.82, 2.24) is 4.90 Å². The van der Waals surface area contributed by atoms with Crippen molar-refractivity contribution in [2.24, 2.45) is 10.8 Å². The normalized spacial score (nSPS) is 23.4. The fraction of sp³-hybridized carbons (Fsp3) is 0.500. The maximum atomic E-state index is 13.3. The van der Waals surface area contributed by atoms with Crippen LogP contribution >= 0.6 is 0 Å². The first-order chi connectivity index (χ1) is 13.9. The number of carbonyl (C=O) groups excluding carboxylic acids is 2. The third-order valence-electron chi connectivity index (χ3n) is 6.59. The van der Waals surface area contributed by atoms with E-state index in [4.69, 9.17) is 0 Å². The Kier molecular flexibility index (Phi) is 4.53. The molecule has 1 aliphatic heterocycles. The van der Waals surface area contributed by atoms with Gasteiger partial charge in [0.05, 0.1) is 4.92 Å². The van der Waals surface area contributed by atoms with Crippen LogP contribution in [0, 0.1) is 20.9 Å². The highest BCUT2D eigenvalue weighted by Gasteiger charge is 2.48. The third-order valence-corrected chi connectivity index (χ3v) is 6.59. The van der Waals surface area contributed by atoms with Crippen LogP contribution in [0.15, 0.2) is 46.8 Å². The van der Waals surface area contributed by atoms with Crippen molar-refractivity contribution in [2.45, 2.75) is 59.3 Å². The van der Waals surface area contributed by atoms with Gasteiger partial charge in [0, 0.05) is 60.5 Å². The summed E-state index contributed by atoms with van der Waals surface area (Å²) in [7, 11) is 1.96. The van der Waals surface area contributed by atoms with Crippen LogP contribution in [0.2, 0.25) is 0 Å². The van der Waals surface area contributed by atoms with Gasteiger partial charge < -0.3 is 4.90 Å². The molecule has 0 fully saturated rings. The summed E-state index contributed by atoms with van der Waals surface area (Å²) in [5, 5.41) is 11.4. The third kappa shape index (κ3) is 3.28. The van der Waals surface area contributed by atoms with Crippen LogP contribution in [0.4, 0.5) is 5.69 Å². The minimum absolute atomic E-state index is 0.0251. The summed E-state index contributed by atoms with van der Waals surface area (Å²) >= 11 is 0. The highest BCUT2D eigenvalue weighted by atomic mass is 16.6. The molecule has 3 aliphatic rings. The molecule has 0 amide bonds. The maximum Gasteiger partial charge on any atom is 0.269 e. The van der Waals surface area contributed by atoms with Gasteiger partial charge in [-0.15, -0.1) is 0 Å². The second-order valence-electron chi connectivity index (χ2n) is 10.4. The number of nitrogens with zero attached hydrogens (tertiary/aromatic N) is 2. The van der Waals surface area contributed by atoms with Gasteiger partial charge in [-0.1, -0.05) is 39.8 Å². The number of nitro groups is 1. The van der Waals surface area contributed by atoms with Crippen molar-refractivity contribution in [3.05, 3.63) is 62.5 Å². The van der Waals surface area contributed by atoms with Gasteiger partial charge in [-0.2, -0.15) is 0 Å². The number of ketones is 2. The van der Waals surface area contributed by atoms with Gasteiger partial charge in [0.25, 0.3) is 5.69 Å². The quantitative estimate of drug-likeness (QED) is 0.513. The second-order valence-corrected chi connectivity index (χ2v) is 10.4. The molecule has 0 N–H and O–H groups in total. The van der Waals surface area contributed by atoms with E-state index in [2.05, 4.69) is 32.6 Å². The summed E-state index contributed by atoms with van der Waals surface area (Å²) in [6.45, 7) is 8.35. The van der Waals surface area contributed by atoms with Crippen LogP contribution in [0.5, 0.6) is 0 Å². The summed E-state index contributed by atoms with van der Waals surface area (Å²) in [6.07, 6.45) is 2.30. The van der Waals surface area contributed by atoms with Crippen LogP contribution in [-0.4, -0.2) is 28.4 Å². The van der Waals surface area contributed by atoms with E-state index in [0.717, 1.165) is 24.2 Å². The van der Waals surface area contributed by atoms with E-state index in [1.807, 2.05) is 7.05 Å². The van der Waals surface area contributed by atoms with Crippen LogP contribution in [-0.2, 0) is 9.59 Å². The SMILES string of the molecule is CN1C2=C(C(=O)CC(C)(C)C2)C(c2cccc([N+](=O)[O-])c2)C2=C1CC(C)(C)CC2=O. The van der Waals surface area contributed by atoms with E-state index in [1.165, 1.54) is 12.1 Å². The molecule has 158 valence electrons. The number of allylic oxidation sites excluding steroid dienone is 4. The van der Waals surface area contributed by atoms with Gasteiger partial charge in [-0.25, -0.2) is 0 Å². The Hall–Kier alpha value is -2.76. The first-order valence-corrected chi connectivity index (χ1v) is 10.4. The molecule has 1 aromatic carbocycles. The van der Waals surface area contributed by atoms with Gasteiger partial charge in [0.1, 0.15) is 0 Å². The molecule has 0 atom stereocenters. The van der Waals surface area contributed by atoms with Crippen LogP contribution < -0.4 is 0 Å². The van der Waals surface area contributed by atoms with E-state index in [0.29, 0.717) is 29.6 Å². The molecule has 4 rings (SSSR count). The Morgan fingerprint density at radius 1 is 0.933 bits per heavy atom. The molecule has 0 aromatic heterocycles. The minimum Gasteiger partial charge on any atom is -0.351 e. The largest absolute Gasteiger partial charge is 0.351 e. The lowest BCUT2D eigenvalue weighted by atomic mass is 9.64. The number of Topliss-reactive ketones (excluding diaryl/α,β-unsaturated/α-hetero) is 2. The topological polar surface area (TPSA) is 80.5 Å². The van der Waals surface area contributed by atoms with Crippen molar-refractivity contribution >= 4 is 17.3 Å². The maximum absolute atomic E-state index is 13.3. The first-order valence-electron chi connectivity index (χ1n) is 10.4. The predicted molar refractivity (Wildman–Crippen MR) is 114 cm³/mol. The molecule has 30 heavy (non-hydrogen) atoms. The van der Waals surface area contributed by atoms with Crippen LogP contribution in [0.1, 0.15) is 64.9 Å². The lowest BCUT2D eigenvalue weighted by Crippen LogP contribution is -2.43. The van der Waals surface area contributed by atoms with Crippen molar-refractivity contribution in [3.8, 4) is 0 Å². The lowest BCUT2D eigenvalue weighted by Gasteiger charge is -2.47. The molecule has 0 radical (unpaired) electrons. The van der Waals surface area contributed by atoms with Crippen molar-refractivity contribution in [1.29, 1.82) is 0 Å². The van der Waals surface area contributed by atoms with E-state index in [-0.39, 0.29) is 28.1 Å². The fourth-order valence-electron chi connectivity index (χ4n) is 5.32. The number of carbonyl (C=O) groups is 2. The first kappa shape index (κ1) is 20.5. The standard InChI is InChI=1S/C24H28N2O4/c1-23(2)10-16-21(18(27)12-23)20(14-7-6-8-15(9-14)26(29)30)22-17(25(16)5)11-24(3,4)13-19(22)28/h6-9,20H,10-13H2,1-5H3. The molecule has 6 heteroatoms. The zero-order valence-corrected chi connectivity index (χ0v) is 18.2.